The van der Waals surface area contributed by atoms with Gasteiger partial charge < -0.3 is 4.74 Å². The minimum atomic E-state index is 0.441. The fraction of sp³-hybridized carbons (Fsp3) is 0.273. The van der Waals surface area contributed by atoms with Crippen molar-refractivity contribution >= 4 is 6.08 Å². The van der Waals surface area contributed by atoms with Crippen molar-refractivity contribution in [2.45, 2.75) is 13.8 Å². The standard InChI is InChI=1S/C11H12N2O/c1-3-14-7-6-10-4-5-11(8-12)13-9(10)2/h4-7H,3H2,1-2H3/b7-6+. The van der Waals surface area contributed by atoms with Gasteiger partial charge in [-0.05, 0) is 31.6 Å². The Hall–Kier alpha value is -1.82. The first-order chi connectivity index (χ1) is 6.77. The highest BCUT2D eigenvalue weighted by Gasteiger charge is 1.97. The summed E-state index contributed by atoms with van der Waals surface area (Å²) in [6, 6.07) is 5.55. The van der Waals surface area contributed by atoms with Crippen LogP contribution in [0.5, 0.6) is 0 Å². The van der Waals surface area contributed by atoms with Gasteiger partial charge in [0, 0.05) is 5.69 Å². The van der Waals surface area contributed by atoms with Crippen LogP contribution in [0.2, 0.25) is 0 Å². The van der Waals surface area contributed by atoms with Crippen molar-refractivity contribution < 1.29 is 4.74 Å². The van der Waals surface area contributed by atoms with Crippen molar-refractivity contribution in [2.75, 3.05) is 6.61 Å². The number of hydrogen-bond acceptors (Lipinski definition) is 3. The quantitative estimate of drug-likeness (QED) is 0.683. The van der Waals surface area contributed by atoms with Gasteiger partial charge in [-0.15, -0.1) is 0 Å². The minimum absolute atomic E-state index is 0.441. The van der Waals surface area contributed by atoms with E-state index in [1.54, 1.807) is 12.3 Å². The highest BCUT2D eigenvalue weighted by molar-refractivity contribution is 5.51. The summed E-state index contributed by atoms with van der Waals surface area (Å²) in [5.41, 5.74) is 2.24. The second-order valence-corrected chi connectivity index (χ2v) is 2.74. The molecule has 0 bridgehead atoms. The number of aryl methyl sites for hydroxylation is 1. The summed E-state index contributed by atoms with van der Waals surface area (Å²) >= 11 is 0. The third-order valence-electron chi connectivity index (χ3n) is 1.75. The Labute approximate surface area is 83.7 Å². The Bertz CT molecular complexity index is 377. The predicted molar refractivity (Wildman–Crippen MR) is 54.3 cm³/mol. The van der Waals surface area contributed by atoms with Crippen molar-refractivity contribution in [3.8, 4) is 6.07 Å². The van der Waals surface area contributed by atoms with Gasteiger partial charge in [0.2, 0.25) is 0 Å². The van der Waals surface area contributed by atoms with Crippen molar-refractivity contribution in [3.05, 3.63) is 35.3 Å². The van der Waals surface area contributed by atoms with Crippen LogP contribution in [0.1, 0.15) is 23.9 Å². The van der Waals surface area contributed by atoms with Gasteiger partial charge in [0.1, 0.15) is 11.8 Å². The number of ether oxygens (including phenoxy) is 1. The molecular formula is C11H12N2O. The van der Waals surface area contributed by atoms with Crippen LogP contribution in [0, 0.1) is 18.3 Å². The summed E-state index contributed by atoms with van der Waals surface area (Å²) in [6.45, 7) is 4.44. The van der Waals surface area contributed by atoms with Gasteiger partial charge in [0.05, 0.1) is 12.9 Å². The fourth-order valence-electron chi connectivity index (χ4n) is 1.03. The van der Waals surface area contributed by atoms with Gasteiger partial charge >= 0.3 is 0 Å². The summed E-state index contributed by atoms with van der Waals surface area (Å²) in [5.74, 6) is 0. The molecule has 1 rings (SSSR count). The molecule has 0 amide bonds. The molecule has 0 aliphatic rings. The normalized spacial score (nSPS) is 10.1. The van der Waals surface area contributed by atoms with Gasteiger partial charge in [-0.3, -0.25) is 0 Å². The Morgan fingerprint density at radius 1 is 1.57 bits per heavy atom. The van der Waals surface area contributed by atoms with E-state index in [1.165, 1.54) is 0 Å². The molecule has 14 heavy (non-hydrogen) atoms. The average molecular weight is 188 g/mol. The number of nitrogens with zero attached hydrogens (tertiary/aromatic N) is 2. The smallest absolute Gasteiger partial charge is 0.140 e. The van der Waals surface area contributed by atoms with Crippen LogP contribution >= 0.6 is 0 Å². The number of nitriles is 1. The summed E-state index contributed by atoms with van der Waals surface area (Å²) in [5, 5.41) is 8.61. The molecule has 0 spiro atoms. The monoisotopic (exact) mass is 188 g/mol. The first-order valence-corrected chi connectivity index (χ1v) is 4.43. The molecule has 0 N–H and O–H groups in total. The molecule has 0 aromatic carbocycles. The van der Waals surface area contributed by atoms with Gasteiger partial charge in [-0.1, -0.05) is 6.07 Å². The first kappa shape index (κ1) is 10.3. The lowest BCUT2D eigenvalue weighted by atomic mass is 10.2. The lowest BCUT2D eigenvalue weighted by Gasteiger charge is -1.99. The summed E-state index contributed by atoms with van der Waals surface area (Å²) in [7, 11) is 0. The van der Waals surface area contributed by atoms with Crippen molar-refractivity contribution in [1.82, 2.24) is 4.98 Å². The molecule has 3 nitrogen and oxygen atoms in total. The van der Waals surface area contributed by atoms with Crippen LogP contribution in [0.3, 0.4) is 0 Å². The first-order valence-electron chi connectivity index (χ1n) is 4.43. The molecule has 0 aliphatic carbocycles. The van der Waals surface area contributed by atoms with Crippen LogP contribution in [0.25, 0.3) is 6.08 Å². The Morgan fingerprint density at radius 3 is 2.93 bits per heavy atom. The molecule has 0 saturated heterocycles. The Morgan fingerprint density at radius 2 is 2.36 bits per heavy atom. The van der Waals surface area contributed by atoms with E-state index in [2.05, 4.69) is 4.98 Å². The molecule has 0 aliphatic heterocycles. The lowest BCUT2D eigenvalue weighted by molar-refractivity contribution is 0.272. The van der Waals surface area contributed by atoms with Crippen LogP contribution in [-0.2, 0) is 4.74 Å². The van der Waals surface area contributed by atoms with Crippen molar-refractivity contribution in [1.29, 1.82) is 5.26 Å². The topological polar surface area (TPSA) is 45.9 Å². The zero-order valence-corrected chi connectivity index (χ0v) is 8.32. The molecule has 1 aromatic heterocycles. The average Bonchev–Trinajstić information content (AvgIpc) is 2.20. The molecule has 3 heteroatoms. The second-order valence-electron chi connectivity index (χ2n) is 2.74. The van der Waals surface area contributed by atoms with Gasteiger partial charge in [-0.25, -0.2) is 4.98 Å². The van der Waals surface area contributed by atoms with E-state index < -0.39 is 0 Å². The van der Waals surface area contributed by atoms with Gasteiger partial charge in [0.15, 0.2) is 0 Å². The van der Waals surface area contributed by atoms with E-state index in [4.69, 9.17) is 10.00 Å². The van der Waals surface area contributed by atoms with E-state index in [-0.39, 0.29) is 0 Å². The van der Waals surface area contributed by atoms with Crippen molar-refractivity contribution in [3.63, 3.8) is 0 Å². The van der Waals surface area contributed by atoms with Crippen LogP contribution in [-0.4, -0.2) is 11.6 Å². The van der Waals surface area contributed by atoms with E-state index in [0.29, 0.717) is 12.3 Å². The van der Waals surface area contributed by atoms with E-state index in [1.807, 2.05) is 32.1 Å². The lowest BCUT2D eigenvalue weighted by Crippen LogP contribution is -1.90. The van der Waals surface area contributed by atoms with Gasteiger partial charge in [-0.2, -0.15) is 5.26 Å². The Balaban J connectivity index is 2.85. The Kier molecular flexibility index (Phi) is 3.69. The molecule has 72 valence electrons. The van der Waals surface area contributed by atoms with Crippen LogP contribution in [0.4, 0.5) is 0 Å². The summed E-state index contributed by atoms with van der Waals surface area (Å²) in [4.78, 5) is 4.10. The second kappa shape index (κ2) is 5.03. The molecule has 0 unspecified atom stereocenters. The molecule has 0 fully saturated rings. The highest BCUT2D eigenvalue weighted by atomic mass is 16.5. The van der Waals surface area contributed by atoms with Crippen LogP contribution < -0.4 is 0 Å². The number of hydrogen-bond donors (Lipinski definition) is 0. The zero-order chi connectivity index (χ0) is 10.4. The third kappa shape index (κ3) is 2.60. The molecule has 0 saturated carbocycles. The van der Waals surface area contributed by atoms with Gasteiger partial charge in [0.25, 0.3) is 0 Å². The molecule has 0 atom stereocenters. The molecule has 1 heterocycles. The van der Waals surface area contributed by atoms with E-state index >= 15 is 0 Å². The largest absolute Gasteiger partial charge is 0.501 e. The maximum absolute atomic E-state index is 8.61. The molecular weight excluding hydrogens is 176 g/mol. The number of aromatic nitrogens is 1. The maximum atomic E-state index is 8.61. The molecule has 1 aromatic rings. The number of pyridine rings is 1. The van der Waals surface area contributed by atoms with E-state index in [0.717, 1.165) is 11.3 Å². The summed E-state index contributed by atoms with van der Waals surface area (Å²) < 4.78 is 5.08. The third-order valence-corrected chi connectivity index (χ3v) is 1.75. The summed E-state index contributed by atoms with van der Waals surface area (Å²) in [6.07, 6.45) is 3.48. The highest BCUT2D eigenvalue weighted by Crippen LogP contribution is 2.08. The SMILES string of the molecule is CCO/C=C/c1ccc(C#N)nc1C. The van der Waals surface area contributed by atoms with Crippen LogP contribution in [0.15, 0.2) is 18.4 Å². The zero-order valence-electron chi connectivity index (χ0n) is 8.32. The number of rotatable bonds is 3. The predicted octanol–water partition coefficient (Wildman–Crippen LogP) is 2.27. The maximum Gasteiger partial charge on any atom is 0.140 e. The van der Waals surface area contributed by atoms with E-state index in [9.17, 15) is 0 Å². The fourth-order valence-corrected chi connectivity index (χ4v) is 1.03. The molecule has 0 radical (unpaired) electrons. The minimum Gasteiger partial charge on any atom is -0.501 e. The van der Waals surface area contributed by atoms with Crippen molar-refractivity contribution in [2.24, 2.45) is 0 Å².